The summed E-state index contributed by atoms with van der Waals surface area (Å²) < 4.78 is 9.88. The van der Waals surface area contributed by atoms with Crippen molar-refractivity contribution in [3.63, 3.8) is 0 Å². The van der Waals surface area contributed by atoms with Gasteiger partial charge in [0.25, 0.3) is 0 Å². The highest BCUT2D eigenvalue weighted by atomic mass is 16.5. The number of methoxy groups -OCH3 is 2. The van der Waals surface area contributed by atoms with Crippen molar-refractivity contribution in [2.45, 2.75) is 51.6 Å². The lowest BCUT2D eigenvalue weighted by atomic mass is 10.1. The first-order valence-electron chi connectivity index (χ1n) is 5.34. The van der Waals surface area contributed by atoms with E-state index in [1.807, 2.05) is 0 Å². The zero-order valence-electron chi connectivity index (χ0n) is 9.54. The molecule has 0 rings (SSSR count). The first-order chi connectivity index (χ1) is 6.74. The zero-order valence-corrected chi connectivity index (χ0v) is 9.54. The molecule has 0 radical (unpaired) electrons. The van der Waals surface area contributed by atoms with Gasteiger partial charge in [-0.05, 0) is 19.3 Å². The van der Waals surface area contributed by atoms with Gasteiger partial charge in [0.15, 0.2) is 0 Å². The Morgan fingerprint density at radius 1 is 1.21 bits per heavy atom. The molecule has 0 aromatic heterocycles. The van der Waals surface area contributed by atoms with E-state index in [-0.39, 0.29) is 5.97 Å². The van der Waals surface area contributed by atoms with Crippen molar-refractivity contribution in [2.24, 2.45) is 0 Å². The topological polar surface area (TPSA) is 35.5 Å². The number of carbonyl (C=O) groups is 1. The van der Waals surface area contributed by atoms with Crippen LogP contribution in [-0.2, 0) is 14.3 Å². The summed E-state index contributed by atoms with van der Waals surface area (Å²) >= 11 is 0. The predicted molar refractivity (Wildman–Crippen MR) is 56.2 cm³/mol. The Kier molecular flexibility index (Phi) is 8.64. The molecule has 0 N–H and O–H groups in total. The van der Waals surface area contributed by atoms with Crippen molar-refractivity contribution in [3.8, 4) is 0 Å². The molecule has 0 aromatic rings. The average Bonchev–Trinajstić information content (AvgIpc) is 2.22. The van der Waals surface area contributed by atoms with Crippen LogP contribution in [0.3, 0.4) is 0 Å². The van der Waals surface area contributed by atoms with Gasteiger partial charge >= 0.3 is 5.97 Å². The van der Waals surface area contributed by atoms with Crippen LogP contribution in [0.1, 0.15) is 45.4 Å². The number of rotatable bonds is 8. The van der Waals surface area contributed by atoms with Crippen LogP contribution in [0.25, 0.3) is 0 Å². The fourth-order valence-corrected chi connectivity index (χ4v) is 1.39. The summed E-state index contributed by atoms with van der Waals surface area (Å²) in [6.07, 6.45) is 6.09. The van der Waals surface area contributed by atoms with Crippen LogP contribution in [-0.4, -0.2) is 26.3 Å². The van der Waals surface area contributed by atoms with Gasteiger partial charge < -0.3 is 9.47 Å². The summed E-state index contributed by atoms with van der Waals surface area (Å²) in [6.45, 7) is 2.17. The van der Waals surface area contributed by atoms with E-state index in [1.54, 1.807) is 7.11 Å². The summed E-state index contributed by atoms with van der Waals surface area (Å²) in [5.41, 5.74) is 0. The highest BCUT2D eigenvalue weighted by Gasteiger charge is 2.08. The van der Waals surface area contributed by atoms with Crippen molar-refractivity contribution in [2.75, 3.05) is 14.2 Å². The molecule has 1 atom stereocenters. The molecular weight excluding hydrogens is 180 g/mol. The largest absolute Gasteiger partial charge is 0.469 e. The smallest absolute Gasteiger partial charge is 0.305 e. The molecule has 0 aliphatic heterocycles. The van der Waals surface area contributed by atoms with Gasteiger partial charge in [0.05, 0.1) is 13.2 Å². The highest BCUT2D eigenvalue weighted by Crippen LogP contribution is 2.11. The molecule has 0 bridgehead atoms. The molecule has 0 unspecified atom stereocenters. The number of hydrogen-bond donors (Lipinski definition) is 0. The van der Waals surface area contributed by atoms with Crippen molar-refractivity contribution >= 4 is 5.97 Å². The first kappa shape index (κ1) is 13.4. The van der Waals surface area contributed by atoms with Gasteiger partial charge in [0, 0.05) is 13.5 Å². The molecular formula is C11H22O3. The number of unbranched alkanes of at least 4 members (excludes halogenated alkanes) is 1. The highest BCUT2D eigenvalue weighted by molar-refractivity contribution is 5.68. The van der Waals surface area contributed by atoms with Crippen molar-refractivity contribution in [1.82, 2.24) is 0 Å². The number of hydrogen-bond acceptors (Lipinski definition) is 3. The Morgan fingerprint density at radius 3 is 2.36 bits per heavy atom. The maximum atomic E-state index is 10.8. The minimum atomic E-state index is -0.129. The van der Waals surface area contributed by atoms with Crippen LogP contribution in [0.2, 0.25) is 0 Å². The van der Waals surface area contributed by atoms with E-state index in [2.05, 4.69) is 11.7 Å². The molecule has 3 nitrogen and oxygen atoms in total. The molecule has 0 fully saturated rings. The predicted octanol–water partition coefficient (Wildman–Crippen LogP) is 2.53. The van der Waals surface area contributed by atoms with Gasteiger partial charge in [0.2, 0.25) is 0 Å². The zero-order chi connectivity index (χ0) is 10.8. The molecule has 0 amide bonds. The maximum Gasteiger partial charge on any atom is 0.305 e. The van der Waals surface area contributed by atoms with Gasteiger partial charge in [-0.25, -0.2) is 0 Å². The van der Waals surface area contributed by atoms with E-state index in [4.69, 9.17) is 4.74 Å². The standard InChI is InChI=1S/C11H22O3/c1-4-5-7-10(13-2)8-6-9-11(12)14-3/h10H,4-9H2,1-3H3/t10-/m1/s1. The minimum absolute atomic E-state index is 0.129. The van der Waals surface area contributed by atoms with Gasteiger partial charge in [-0.1, -0.05) is 19.8 Å². The van der Waals surface area contributed by atoms with Gasteiger partial charge in [0.1, 0.15) is 0 Å². The summed E-state index contributed by atoms with van der Waals surface area (Å²) in [5.74, 6) is -0.129. The van der Waals surface area contributed by atoms with E-state index < -0.39 is 0 Å². The van der Waals surface area contributed by atoms with Crippen LogP contribution < -0.4 is 0 Å². The third-order valence-corrected chi connectivity index (χ3v) is 2.35. The Balaban J connectivity index is 3.46. The Morgan fingerprint density at radius 2 is 1.86 bits per heavy atom. The first-order valence-corrected chi connectivity index (χ1v) is 5.34. The molecule has 14 heavy (non-hydrogen) atoms. The van der Waals surface area contributed by atoms with Crippen LogP contribution in [0.4, 0.5) is 0 Å². The second-order valence-corrected chi connectivity index (χ2v) is 3.47. The lowest BCUT2D eigenvalue weighted by Crippen LogP contribution is -2.11. The average molecular weight is 202 g/mol. The van der Waals surface area contributed by atoms with Gasteiger partial charge in [-0.15, -0.1) is 0 Å². The monoisotopic (exact) mass is 202 g/mol. The molecule has 0 heterocycles. The summed E-state index contributed by atoms with van der Waals surface area (Å²) in [5, 5.41) is 0. The van der Waals surface area contributed by atoms with E-state index in [0.717, 1.165) is 19.3 Å². The lowest BCUT2D eigenvalue weighted by Gasteiger charge is -2.13. The van der Waals surface area contributed by atoms with Crippen molar-refractivity contribution in [3.05, 3.63) is 0 Å². The van der Waals surface area contributed by atoms with E-state index >= 15 is 0 Å². The summed E-state index contributed by atoms with van der Waals surface area (Å²) in [6, 6.07) is 0. The molecule has 0 aliphatic rings. The fraction of sp³-hybridized carbons (Fsp3) is 0.909. The minimum Gasteiger partial charge on any atom is -0.469 e. The quantitative estimate of drug-likeness (QED) is 0.567. The lowest BCUT2D eigenvalue weighted by molar-refractivity contribution is -0.140. The fourth-order valence-electron chi connectivity index (χ4n) is 1.39. The number of ether oxygens (including phenoxy) is 2. The molecule has 0 saturated heterocycles. The van der Waals surface area contributed by atoms with Crippen LogP contribution >= 0.6 is 0 Å². The van der Waals surface area contributed by atoms with Gasteiger partial charge in [-0.2, -0.15) is 0 Å². The van der Waals surface area contributed by atoms with Crippen LogP contribution in [0, 0.1) is 0 Å². The summed E-state index contributed by atoms with van der Waals surface area (Å²) in [4.78, 5) is 10.8. The van der Waals surface area contributed by atoms with E-state index in [0.29, 0.717) is 12.5 Å². The molecule has 84 valence electrons. The Bertz CT molecular complexity index is 145. The van der Waals surface area contributed by atoms with E-state index in [1.165, 1.54) is 20.0 Å². The number of esters is 1. The van der Waals surface area contributed by atoms with Crippen molar-refractivity contribution < 1.29 is 14.3 Å². The molecule has 3 heteroatoms. The Labute approximate surface area is 86.8 Å². The molecule has 0 spiro atoms. The number of carbonyl (C=O) groups excluding carboxylic acids is 1. The van der Waals surface area contributed by atoms with Gasteiger partial charge in [-0.3, -0.25) is 4.79 Å². The summed E-state index contributed by atoms with van der Waals surface area (Å²) in [7, 11) is 3.16. The normalized spacial score (nSPS) is 12.5. The molecule has 0 aliphatic carbocycles. The van der Waals surface area contributed by atoms with Crippen LogP contribution in [0.5, 0.6) is 0 Å². The molecule has 0 aromatic carbocycles. The Hall–Kier alpha value is -0.570. The van der Waals surface area contributed by atoms with E-state index in [9.17, 15) is 4.79 Å². The second-order valence-electron chi connectivity index (χ2n) is 3.47. The van der Waals surface area contributed by atoms with Crippen LogP contribution in [0.15, 0.2) is 0 Å². The SMILES string of the molecule is CCCC[C@H](CCCC(=O)OC)OC. The van der Waals surface area contributed by atoms with Crippen molar-refractivity contribution in [1.29, 1.82) is 0 Å². The second kappa shape index (κ2) is 9.00. The third kappa shape index (κ3) is 6.89. The third-order valence-electron chi connectivity index (χ3n) is 2.35. The maximum absolute atomic E-state index is 10.8. The molecule has 0 saturated carbocycles.